The highest BCUT2D eigenvalue weighted by Gasteiger charge is 2.30. The quantitative estimate of drug-likeness (QED) is 0.0222. The monoisotopic (exact) mass is 1440 g/mol. The van der Waals surface area contributed by atoms with Crippen LogP contribution in [0.5, 0.6) is 0 Å². The number of unbranched alkanes of at least 4 members (excludes halogenated alkanes) is 44. The molecule has 0 aromatic heterocycles. The first-order valence-electron chi connectivity index (χ1n) is 40.9. The Hall–Kier alpha value is -1.94. The zero-order valence-electron chi connectivity index (χ0n) is 64.3. The van der Waals surface area contributed by atoms with E-state index in [9.17, 15) is 43.2 Å². The molecule has 0 aliphatic carbocycles. The van der Waals surface area contributed by atoms with E-state index in [0.29, 0.717) is 25.7 Å². The summed E-state index contributed by atoms with van der Waals surface area (Å²) in [5, 5.41) is 10.6. The number of hydrogen-bond donors (Lipinski definition) is 3. The molecule has 0 aromatic carbocycles. The number of aliphatic hydroxyl groups is 1. The molecule has 0 aromatic rings. The molecule has 0 rings (SSSR count). The van der Waals surface area contributed by atoms with Crippen molar-refractivity contribution in [3.05, 3.63) is 0 Å². The Morgan fingerprint density at radius 3 is 0.776 bits per heavy atom. The Bertz CT molecular complexity index is 1910. The van der Waals surface area contributed by atoms with Crippen LogP contribution in [0.15, 0.2) is 0 Å². The number of carbonyl (C=O) groups excluding carboxylic acids is 4. The molecule has 0 aliphatic rings. The molecule has 0 fully saturated rings. The summed E-state index contributed by atoms with van der Waals surface area (Å²) >= 11 is 0. The largest absolute Gasteiger partial charge is 0.472 e. The van der Waals surface area contributed by atoms with Crippen LogP contribution in [0.25, 0.3) is 0 Å². The van der Waals surface area contributed by atoms with Gasteiger partial charge in [0.25, 0.3) is 0 Å². The summed E-state index contributed by atoms with van der Waals surface area (Å²) in [5.41, 5.74) is 0. The van der Waals surface area contributed by atoms with Crippen LogP contribution in [0.1, 0.15) is 408 Å². The third kappa shape index (κ3) is 71.1. The second-order valence-electron chi connectivity index (χ2n) is 29.6. The van der Waals surface area contributed by atoms with Crippen molar-refractivity contribution in [1.82, 2.24) is 0 Å². The molecule has 0 saturated carbocycles. The van der Waals surface area contributed by atoms with Crippen LogP contribution >= 0.6 is 15.6 Å². The minimum absolute atomic E-state index is 0.106. The number of ether oxygens (including phenoxy) is 4. The number of esters is 4. The minimum atomic E-state index is -4.96. The molecule has 0 saturated heterocycles. The molecule has 3 unspecified atom stereocenters. The summed E-state index contributed by atoms with van der Waals surface area (Å²) in [6, 6.07) is 0. The van der Waals surface area contributed by atoms with Crippen LogP contribution in [-0.4, -0.2) is 96.7 Å². The molecule has 582 valence electrons. The molecule has 0 aliphatic heterocycles. The van der Waals surface area contributed by atoms with Crippen molar-refractivity contribution >= 4 is 39.5 Å². The van der Waals surface area contributed by atoms with E-state index in [2.05, 4.69) is 48.5 Å². The van der Waals surface area contributed by atoms with E-state index < -0.39 is 97.5 Å². The van der Waals surface area contributed by atoms with E-state index in [1.807, 2.05) is 0 Å². The van der Waals surface area contributed by atoms with Gasteiger partial charge in [-0.1, -0.05) is 357 Å². The highest BCUT2D eigenvalue weighted by molar-refractivity contribution is 7.47. The van der Waals surface area contributed by atoms with Gasteiger partial charge in [0.1, 0.15) is 19.3 Å². The number of phosphoric ester groups is 2. The van der Waals surface area contributed by atoms with Crippen LogP contribution < -0.4 is 0 Å². The van der Waals surface area contributed by atoms with Gasteiger partial charge in [-0.3, -0.25) is 37.3 Å². The van der Waals surface area contributed by atoms with Crippen molar-refractivity contribution in [1.29, 1.82) is 0 Å². The third-order valence-electron chi connectivity index (χ3n) is 18.7. The van der Waals surface area contributed by atoms with Crippen molar-refractivity contribution in [3.63, 3.8) is 0 Å². The molecule has 3 N–H and O–H groups in total. The molecule has 0 spiro atoms. The van der Waals surface area contributed by atoms with Gasteiger partial charge >= 0.3 is 39.5 Å². The Kier molecular flexibility index (Phi) is 68.1. The first-order chi connectivity index (χ1) is 47.3. The smallest absolute Gasteiger partial charge is 0.462 e. The second-order valence-corrected chi connectivity index (χ2v) is 32.6. The lowest BCUT2D eigenvalue weighted by atomic mass is 9.99. The molecule has 0 bridgehead atoms. The Balaban J connectivity index is 5.17. The number of hydrogen-bond acceptors (Lipinski definition) is 15. The average molecular weight is 1440 g/mol. The predicted molar refractivity (Wildman–Crippen MR) is 400 cm³/mol. The number of phosphoric acid groups is 2. The summed E-state index contributed by atoms with van der Waals surface area (Å²) in [5.74, 6) is 0.295. The summed E-state index contributed by atoms with van der Waals surface area (Å²) in [7, 11) is -9.91. The third-order valence-corrected chi connectivity index (χ3v) is 20.6. The van der Waals surface area contributed by atoms with Gasteiger partial charge in [-0.05, 0) is 43.4 Å². The van der Waals surface area contributed by atoms with Gasteiger partial charge in [0, 0.05) is 25.7 Å². The Labute approximate surface area is 600 Å². The highest BCUT2D eigenvalue weighted by Crippen LogP contribution is 2.45. The lowest BCUT2D eigenvalue weighted by Gasteiger charge is -2.21. The molecule has 98 heavy (non-hydrogen) atoms. The van der Waals surface area contributed by atoms with E-state index in [-0.39, 0.29) is 25.7 Å². The first-order valence-corrected chi connectivity index (χ1v) is 43.9. The molecular formula is C79H154O17P2. The summed E-state index contributed by atoms with van der Waals surface area (Å²) in [6.45, 7) is 12.0. The fraction of sp³-hybridized carbons (Fsp3) is 0.949. The maximum absolute atomic E-state index is 13.1. The lowest BCUT2D eigenvalue weighted by molar-refractivity contribution is -0.161. The van der Waals surface area contributed by atoms with Crippen molar-refractivity contribution < 1.29 is 80.2 Å². The van der Waals surface area contributed by atoms with Crippen molar-refractivity contribution in [2.24, 2.45) is 17.8 Å². The van der Waals surface area contributed by atoms with E-state index in [4.69, 9.17) is 37.0 Å². The van der Waals surface area contributed by atoms with Crippen molar-refractivity contribution in [3.8, 4) is 0 Å². The molecule has 0 heterocycles. The summed E-state index contributed by atoms with van der Waals surface area (Å²) < 4.78 is 68.5. The fourth-order valence-corrected chi connectivity index (χ4v) is 13.7. The maximum Gasteiger partial charge on any atom is 0.472 e. The van der Waals surface area contributed by atoms with E-state index in [1.54, 1.807) is 0 Å². The highest BCUT2D eigenvalue weighted by atomic mass is 31.2. The topological polar surface area (TPSA) is 237 Å². The average Bonchev–Trinajstić information content (AvgIpc) is 0.928. The van der Waals surface area contributed by atoms with Crippen molar-refractivity contribution in [2.75, 3.05) is 39.6 Å². The zero-order chi connectivity index (χ0) is 72.3. The summed E-state index contributed by atoms with van der Waals surface area (Å²) in [4.78, 5) is 72.8. The van der Waals surface area contributed by atoms with E-state index >= 15 is 0 Å². The lowest BCUT2D eigenvalue weighted by Crippen LogP contribution is -2.30. The minimum Gasteiger partial charge on any atom is -0.462 e. The van der Waals surface area contributed by atoms with Crippen LogP contribution in [0.3, 0.4) is 0 Å². The van der Waals surface area contributed by atoms with Gasteiger partial charge in [0.2, 0.25) is 0 Å². The number of carbonyl (C=O) groups is 4. The normalized spacial score (nSPS) is 14.3. The fourth-order valence-electron chi connectivity index (χ4n) is 12.1. The van der Waals surface area contributed by atoms with Gasteiger partial charge < -0.3 is 33.8 Å². The number of aliphatic hydroxyl groups excluding tert-OH is 1. The van der Waals surface area contributed by atoms with Gasteiger partial charge in [0.05, 0.1) is 26.4 Å². The van der Waals surface area contributed by atoms with Gasteiger partial charge in [-0.25, -0.2) is 9.13 Å². The Morgan fingerprint density at radius 2 is 0.520 bits per heavy atom. The molecular weight excluding hydrogens is 1280 g/mol. The van der Waals surface area contributed by atoms with Crippen molar-refractivity contribution in [2.45, 2.75) is 426 Å². The molecule has 0 amide bonds. The Morgan fingerprint density at radius 1 is 0.296 bits per heavy atom. The first kappa shape index (κ1) is 96.1. The standard InChI is InChI=1S/C79H154O17P2/c1-8-10-11-12-36-46-53-60-76(81)89-66-74(95-79(84)63-56-49-42-35-29-28-31-38-44-51-58-71(5)6)68-93-97(85,86)91-64-73(80)65-92-98(87,88)94-69-75(67-90-77(82)61-54-47-40-33-26-23-19-20-24-30-37-43-50-57-70(3)4)96-78(83)62-55-48-41-34-27-22-18-16-14-13-15-17-21-25-32-39-45-52-59-72(7)9-2/h70-75,80H,8-69H2,1-7H3,(H,85,86)(H,87,88)/t72?,73-,74+,75+/m0/s1. The predicted octanol–water partition coefficient (Wildman–Crippen LogP) is 23.4. The van der Waals surface area contributed by atoms with Crippen LogP contribution in [-0.2, 0) is 65.4 Å². The molecule has 6 atom stereocenters. The second kappa shape index (κ2) is 69.4. The van der Waals surface area contributed by atoms with Gasteiger partial charge in [0.15, 0.2) is 12.2 Å². The zero-order valence-corrected chi connectivity index (χ0v) is 66.0. The van der Waals surface area contributed by atoms with Crippen LogP contribution in [0, 0.1) is 17.8 Å². The maximum atomic E-state index is 13.1. The molecule has 0 radical (unpaired) electrons. The van der Waals surface area contributed by atoms with E-state index in [0.717, 1.165) is 120 Å². The molecule has 17 nitrogen and oxygen atoms in total. The van der Waals surface area contributed by atoms with Gasteiger partial charge in [-0.15, -0.1) is 0 Å². The SMILES string of the molecule is CCCCCCCCCC(=O)OC[C@H](COP(=O)(O)OC[C@H](O)COP(=O)(O)OC[C@@H](COC(=O)CCCCCCCCCCCCCCCC(C)C)OC(=O)CCCCCCCCCCCCCCCCCCCCC(C)CC)OC(=O)CCCCCCCCCCCCC(C)C. The summed E-state index contributed by atoms with van der Waals surface area (Å²) in [6.07, 6.45) is 57.1. The number of rotatable bonds is 77. The molecule has 19 heteroatoms. The van der Waals surface area contributed by atoms with Crippen LogP contribution in [0.2, 0.25) is 0 Å². The van der Waals surface area contributed by atoms with Crippen LogP contribution in [0.4, 0.5) is 0 Å². The van der Waals surface area contributed by atoms with Gasteiger partial charge in [-0.2, -0.15) is 0 Å². The van der Waals surface area contributed by atoms with E-state index in [1.165, 1.54) is 205 Å².